The molecule has 18 heavy (non-hydrogen) atoms. The predicted molar refractivity (Wildman–Crippen MR) is 77.6 cm³/mol. The third-order valence-electron chi connectivity index (χ3n) is 2.39. The van der Waals surface area contributed by atoms with Crippen LogP contribution in [0.3, 0.4) is 0 Å². The second-order valence-electron chi connectivity index (χ2n) is 3.77. The van der Waals surface area contributed by atoms with Crippen LogP contribution in [0.5, 0.6) is 0 Å². The second-order valence-corrected chi connectivity index (χ2v) is 7.10. The van der Waals surface area contributed by atoms with Gasteiger partial charge >= 0.3 is 0 Å². The Labute approximate surface area is 119 Å². The van der Waals surface area contributed by atoms with Crippen molar-refractivity contribution in [2.24, 2.45) is 5.73 Å². The fraction of sp³-hybridized carbons (Fsp3) is 0.300. The highest BCUT2D eigenvalue weighted by molar-refractivity contribution is 9.10. The minimum atomic E-state index is -3.72. The number of aryl methyl sites for hydroxylation is 1. The highest BCUT2D eigenvalue weighted by atomic mass is 79.9. The van der Waals surface area contributed by atoms with Gasteiger partial charge in [-0.25, -0.2) is 12.8 Å². The molecule has 8 heteroatoms. The van der Waals surface area contributed by atoms with Crippen LogP contribution in [0.25, 0.3) is 0 Å². The van der Waals surface area contributed by atoms with Gasteiger partial charge in [-0.3, -0.25) is 4.72 Å². The first kappa shape index (κ1) is 15.3. The van der Waals surface area contributed by atoms with Gasteiger partial charge in [0.25, 0.3) is 0 Å². The molecule has 0 fully saturated rings. The van der Waals surface area contributed by atoms with E-state index in [1.807, 2.05) is 0 Å². The third-order valence-corrected chi connectivity index (χ3v) is 5.19. The molecule has 0 aliphatic heterocycles. The van der Waals surface area contributed by atoms with Gasteiger partial charge in [0.05, 0.1) is 15.1 Å². The van der Waals surface area contributed by atoms with Crippen LogP contribution in [0, 0.1) is 12.7 Å². The number of nitrogens with one attached hydrogen (secondary N) is 1. The van der Waals surface area contributed by atoms with Crippen LogP contribution >= 0.6 is 28.1 Å². The molecule has 0 bridgehead atoms. The highest BCUT2D eigenvalue weighted by Crippen LogP contribution is 2.25. The smallest absolute Gasteiger partial charge is 0.241 e. The molecule has 0 aliphatic carbocycles. The van der Waals surface area contributed by atoms with Crippen LogP contribution in [0.4, 0.5) is 10.1 Å². The van der Waals surface area contributed by atoms with Crippen molar-refractivity contribution in [2.45, 2.75) is 19.1 Å². The maximum absolute atomic E-state index is 13.2. The zero-order valence-electron chi connectivity index (χ0n) is 9.70. The molecule has 0 aliphatic rings. The van der Waals surface area contributed by atoms with E-state index in [4.69, 9.17) is 5.73 Å². The van der Waals surface area contributed by atoms with Crippen LogP contribution in [-0.2, 0) is 10.0 Å². The largest absolute Gasteiger partial charge is 0.392 e. The maximum atomic E-state index is 13.2. The highest BCUT2D eigenvalue weighted by Gasteiger charge is 2.24. The zero-order valence-corrected chi connectivity index (χ0v) is 12.9. The van der Waals surface area contributed by atoms with E-state index in [1.54, 1.807) is 6.92 Å². The average molecular weight is 355 g/mol. The molecule has 0 heterocycles. The molecule has 1 aromatic rings. The van der Waals surface area contributed by atoms with Crippen molar-refractivity contribution in [1.82, 2.24) is 0 Å². The topological polar surface area (TPSA) is 72.2 Å². The van der Waals surface area contributed by atoms with Crippen LogP contribution in [-0.4, -0.2) is 18.7 Å². The fourth-order valence-electron chi connectivity index (χ4n) is 1.15. The number of halogens is 2. The molecule has 3 N–H and O–H groups in total. The summed E-state index contributed by atoms with van der Waals surface area (Å²) in [5.41, 5.74) is 6.06. The van der Waals surface area contributed by atoms with E-state index in [1.165, 1.54) is 19.1 Å². The Hall–Kier alpha value is -0.730. The lowest BCUT2D eigenvalue weighted by Gasteiger charge is -2.15. The lowest BCUT2D eigenvalue weighted by molar-refractivity contribution is 0.598. The molecule has 100 valence electrons. The third kappa shape index (κ3) is 3.39. The molecule has 1 aromatic carbocycles. The van der Waals surface area contributed by atoms with Gasteiger partial charge in [0.2, 0.25) is 10.0 Å². The molecule has 0 spiro atoms. The predicted octanol–water partition coefficient (Wildman–Crippen LogP) is 2.31. The summed E-state index contributed by atoms with van der Waals surface area (Å²) in [5, 5.41) is -1.00. The van der Waals surface area contributed by atoms with Crippen molar-refractivity contribution in [3.8, 4) is 0 Å². The van der Waals surface area contributed by atoms with Crippen molar-refractivity contribution < 1.29 is 12.8 Å². The van der Waals surface area contributed by atoms with Gasteiger partial charge < -0.3 is 5.73 Å². The molecule has 0 amide bonds. The van der Waals surface area contributed by atoms with E-state index in [9.17, 15) is 12.8 Å². The van der Waals surface area contributed by atoms with Crippen molar-refractivity contribution in [1.29, 1.82) is 0 Å². The first-order valence-electron chi connectivity index (χ1n) is 4.91. The summed E-state index contributed by atoms with van der Waals surface area (Å²) in [7, 11) is -3.72. The number of benzene rings is 1. The SMILES string of the molecule is Cc1cc(F)c(Br)cc1NS(=O)(=O)C(C)C(N)=S. The molecule has 1 unspecified atom stereocenters. The zero-order chi connectivity index (χ0) is 14.1. The minimum absolute atomic E-state index is 0.124. The Morgan fingerprint density at radius 2 is 2.11 bits per heavy atom. The maximum Gasteiger partial charge on any atom is 0.241 e. The normalized spacial score (nSPS) is 13.1. The van der Waals surface area contributed by atoms with E-state index >= 15 is 0 Å². The number of nitrogens with two attached hydrogens (primary N) is 1. The molecule has 0 aromatic heterocycles. The Balaban J connectivity index is 3.13. The number of hydrogen-bond acceptors (Lipinski definition) is 3. The van der Waals surface area contributed by atoms with Crippen molar-refractivity contribution >= 4 is 48.8 Å². The summed E-state index contributed by atoms with van der Waals surface area (Å²) >= 11 is 7.64. The van der Waals surface area contributed by atoms with Gasteiger partial charge in [-0.1, -0.05) is 12.2 Å². The van der Waals surface area contributed by atoms with E-state index in [2.05, 4.69) is 32.9 Å². The molecule has 4 nitrogen and oxygen atoms in total. The summed E-state index contributed by atoms with van der Waals surface area (Å²) < 4.78 is 39.5. The first-order chi connectivity index (χ1) is 8.15. The van der Waals surface area contributed by atoms with Gasteiger partial charge in [0, 0.05) is 0 Å². The Morgan fingerprint density at radius 1 is 1.56 bits per heavy atom. The van der Waals surface area contributed by atoms with Gasteiger partial charge in [-0.05, 0) is 47.5 Å². The van der Waals surface area contributed by atoms with Gasteiger partial charge in [0.15, 0.2) is 0 Å². The van der Waals surface area contributed by atoms with Crippen LogP contribution in [0.15, 0.2) is 16.6 Å². The van der Waals surface area contributed by atoms with E-state index in [0.29, 0.717) is 5.56 Å². The van der Waals surface area contributed by atoms with E-state index in [-0.39, 0.29) is 15.1 Å². The molecule has 1 rings (SSSR count). The number of hydrogen-bond donors (Lipinski definition) is 2. The van der Waals surface area contributed by atoms with Gasteiger partial charge in [0.1, 0.15) is 11.1 Å². The van der Waals surface area contributed by atoms with Crippen molar-refractivity contribution in [2.75, 3.05) is 4.72 Å². The van der Waals surface area contributed by atoms with Crippen molar-refractivity contribution in [3.63, 3.8) is 0 Å². The van der Waals surface area contributed by atoms with Crippen LogP contribution in [0.1, 0.15) is 12.5 Å². The molecule has 0 saturated heterocycles. The Morgan fingerprint density at radius 3 is 2.61 bits per heavy atom. The quantitative estimate of drug-likeness (QED) is 0.813. The molecular weight excluding hydrogens is 343 g/mol. The lowest BCUT2D eigenvalue weighted by Crippen LogP contribution is -2.35. The monoisotopic (exact) mass is 354 g/mol. The van der Waals surface area contributed by atoms with Gasteiger partial charge in [-0.2, -0.15) is 0 Å². The van der Waals surface area contributed by atoms with Crippen molar-refractivity contribution in [3.05, 3.63) is 28.0 Å². The lowest BCUT2D eigenvalue weighted by atomic mass is 10.2. The summed E-state index contributed by atoms with van der Waals surface area (Å²) in [6.45, 7) is 2.98. The molecule has 0 radical (unpaired) electrons. The molecule has 0 saturated carbocycles. The van der Waals surface area contributed by atoms with E-state index in [0.717, 1.165) is 0 Å². The summed E-state index contributed by atoms with van der Waals surface area (Å²) in [6.07, 6.45) is 0. The fourth-order valence-corrected chi connectivity index (χ4v) is 2.88. The Bertz CT molecular complexity index is 590. The molecular formula is C10H12BrFN2O2S2. The van der Waals surface area contributed by atoms with Gasteiger partial charge in [-0.15, -0.1) is 0 Å². The summed E-state index contributed by atoms with van der Waals surface area (Å²) in [5.74, 6) is -0.460. The minimum Gasteiger partial charge on any atom is -0.392 e. The van der Waals surface area contributed by atoms with E-state index < -0.39 is 21.1 Å². The second kappa shape index (κ2) is 5.50. The Kier molecular flexibility index (Phi) is 4.68. The van der Waals surface area contributed by atoms with Crippen LogP contribution < -0.4 is 10.5 Å². The first-order valence-corrected chi connectivity index (χ1v) is 7.66. The number of thiocarbonyl (C=S) groups is 1. The average Bonchev–Trinajstić information content (AvgIpc) is 2.24. The standard InChI is InChI=1S/C10H12BrFN2O2S2/c1-5-3-8(12)7(11)4-9(5)14-18(15,16)6(2)10(13)17/h3-4,6,14H,1-2H3,(H2,13,17). The summed E-state index contributed by atoms with van der Waals surface area (Å²) in [6, 6.07) is 2.59. The molecule has 1 atom stereocenters. The number of anilines is 1. The van der Waals surface area contributed by atoms with Crippen LogP contribution in [0.2, 0.25) is 0 Å². The number of sulfonamides is 1. The number of rotatable bonds is 4. The summed E-state index contributed by atoms with van der Waals surface area (Å²) in [4.78, 5) is -0.124.